The van der Waals surface area contributed by atoms with E-state index in [2.05, 4.69) is 6.92 Å². The zero-order valence-corrected chi connectivity index (χ0v) is 5.79. The van der Waals surface area contributed by atoms with Gasteiger partial charge in [-0.25, -0.2) is 4.39 Å². The van der Waals surface area contributed by atoms with E-state index in [0.29, 0.717) is 12.8 Å². The summed E-state index contributed by atoms with van der Waals surface area (Å²) < 4.78 is 12.2. The molecule has 0 aromatic carbocycles. The zero-order chi connectivity index (χ0) is 6.57. The summed E-state index contributed by atoms with van der Waals surface area (Å²) in [5.74, 6) is 0. The molecule has 49 valence electrons. The Balaban J connectivity index is 3.10. The van der Waals surface area contributed by atoms with E-state index >= 15 is 0 Å². The van der Waals surface area contributed by atoms with Crippen molar-refractivity contribution < 1.29 is 4.39 Å². The molecule has 0 bridgehead atoms. The third-order valence-electron chi connectivity index (χ3n) is 0.894. The van der Waals surface area contributed by atoms with Crippen LogP contribution in [0.3, 0.4) is 0 Å². The summed E-state index contributed by atoms with van der Waals surface area (Å²) >= 11 is 5.48. The zero-order valence-electron chi connectivity index (χ0n) is 5.03. The first kappa shape index (κ1) is 8.22. The molecule has 0 amide bonds. The van der Waals surface area contributed by atoms with Crippen molar-refractivity contribution >= 4 is 11.6 Å². The highest BCUT2D eigenvalue weighted by Gasteiger charge is 2.05. The van der Waals surface area contributed by atoms with E-state index < -0.39 is 6.17 Å². The van der Waals surface area contributed by atoms with Crippen LogP contribution in [0, 0.1) is 6.92 Å². The lowest BCUT2D eigenvalue weighted by atomic mass is 10.2. The second kappa shape index (κ2) is 4.13. The van der Waals surface area contributed by atoms with Gasteiger partial charge in [0.2, 0.25) is 0 Å². The Morgan fingerprint density at radius 3 is 2.38 bits per heavy atom. The summed E-state index contributed by atoms with van der Waals surface area (Å²) in [6.45, 7) is 5.19. The highest BCUT2D eigenvalue weighted by Crippen LogP contribution is 2.09. The molecule has 0 aliphatic heterocycles. The van der Waals surface area contributed by atoms with Crippen LogP contribution in [0.15, 0.2) is 0 Å². The van der Waals surface area contributed by atoms with Gasteiger partial charge >= 0.3 is 0 Å². The Hall–Kier alpha value is 0.220. The lowest BCUT2D eigenvalue weighted by Gasteiger charge is -2.04. The van der Waals surface area contributed by atoms with Crippen molar-refractivity contribution in [2.45, 2.75) is 31.3 Å². The van der Waals surface area contributed by atoms with Crippen molar-refractivity contribution in [3.63, 3.8) is 0 Å². The Morgan fingerprint density at radius 2 is 2.25 bits per heavy atom. The SMILES string of the molecule is [CH2]CC(F)CC(C)Cl. The third kappa shape index (κ3) is 4.38. The summed E-state index contributed by atoms with van der Waals surface area (Å²) in [5, 5.41) is -0.0632. The molecule has 0 heterocycles. The van der Waals surface area contributed by atoms with Crippen LogP contribution < -0.4 is 0 Å². The highest BCUT2D eigenvalue weighted by atomic mass is 35.5. The number of halogens is 2. The van der Waals surface area contributed by atoms with Gasteiger partial charge in [-0.15, -0.1) is 11.6 Å². The van der Waals surface area contributed by atoms with E-state index in [-0.39, 0.29) is 5.38 Å². The quantitative estimate of drug-likeness (QED) is 0.525. The van der Waals surface area contributed by atoms with Crippen LogP contribution in [-0.4, -0.2) is 11.5 Å². The lowest BCUT2D eigenvalue weighted by molar-refractivity contribution is 0.315. The monoisotopic (exact) mass is 137 g/mol. The molecule has 0 fully saturated rings. The minimum absolute atomic E-state index is 0.0632. The third-order valence-corrected chi connectivity index (χ3v) is 1.07. The molecule has 0 spiro atoms. The van der Waals surface area contributed by atoms with Gasteiger partial charge in [0.05, 0.1) is 0 Å². The summed E-state index contributed by atoms with van der Waals surface area (Å²) in [7, 11) is 0. The highest BCUT2D eigenvalue weighted by molar-refractivity contribution is 6.20. The number of rotatable bonds is 3. The maximum atomic E-state index is 12.2. The minimum Gasteiger partial charge on any atom is -0.247 e. The molecule has 0 saturated heterocycles. The van der Waals surface area contributed by atoms with Gasteiger partial charge < -0.3 is 0 Å². The Labute approximate surface area is 55.0 Å². The van der Waals surface area contributed by atoms with Crippen LogP contribution in [0.2, 0.25) is 0 Å². The standard InChI is InChI=1S/C6H11ClF/c1-3-6(8)4-5(2)7/h5-6H,1,3-4H2,2H3. The smallest absolute Gasteiger partial charge is 0.102 e. The molecule has 1 radical (unpaired) electrons. The van der Waals surface area contributed by atoms with Crippen LogP contribution in [-0.2, 0) is 0 Å². The molecule has 0 aromatic rings. The number of hydrogen-bond donors (Lipinski definition) is 0. The molecule has 0 rings (SSSR count). The first-order chi connectivity index (χ1) is 3.66. The van der Waals surface area contributed by atoms with Gasteiger partial charge in [0, 0.05) is 5.38 Å². The van der Waals surface area contributed by atoms with Gasteiger partial charge in [-0.3, -0.25) is 0 Å². The summed E-state index contributed by atoms with van der Waals surface area (Å²) in [6.07, 6.45) is -0.0650. The molecule has 0 saturated carbocycles. The molecular weight excluding hydrogens is 127 g/mol. The van der Waals surface area contributed by atoms with Crippen LogP contribution in [0.4, 0.5) is 4.39 Å². The molecule has 0 aliphatic carbocycles. The molecule has 2 unspecified atom stereocenters. The normalized spacial score (nSPS) is 18.0. The average Bonchev–Trinajstić information content (AvgIpc) is 1.65. The molecule has 0 aliphatic rings. The van der Waals surface area contributed by atoms with Gasteiger partial charge in [-0.2, -0.15) is 0 Å². The second-order valence-electron chi connectivity index (χ2n) is 1.90. The Bertz CT molecular complexity index is 54.5. The fraction of sp³-hybridized carbons (Fsp3) is 0.833. The van der Waals surface area contributed by atoms with Crippen molar-refractivity contribution in [2.75, 3.05) is 0 Å². The topological polar surface area (TPSA) is 0 Å². The number of hydrogen-bond acceptors (Lipinski definition) is 0. The van der Waals surface area contributed by atoms with Crippen LogP contribution in [0.5, 0.6) is 0 Å². The predicted octanol–water partition coefficient (Wildman–Crippen LogP) is 2.57. The Kier molecular flexibility index (Phi) is 4.25. The molecule has 0 nitrogen and oxygen atoms in total. The molecule has 2 heteroatoms. The van der Waals surface area contributed by atoms with Gasteiger partial charge in [0.1, 0.15) is 6.17 Å². The summed E-state index contributed by atoms with van der Waals surface area (Å²) in [6, 6.07) is 0. The van der Waals surface area contributed by atoms with Crippen LogP contribution in [0.25, 0.3) is 0 Å². The molecular formula is C6H11ClF. The fourth-order valence-electron chi connectivity index (χ4n) is 0.470. The maximum absolute atomic E-state index is 12.2. The van der Waals surface area contributed by atoms with Crippen molar-refractivity contribution in [3.8, 4) is 0 Å². The molecule has 0 aromatic heterocycles. The lowest BCUT2D eigenvalue weighted by Crippen LogP contribution is -2.04. The largest absolute Gasteiger partial charge is 0.247 e. The van der Waals surface area contributed by atoms with Gasteiger partial charge in [0.25, 0.3) is 0 Å². The van der Waals surface area contributed by atoms with Gasteiger partial charge in [-0.05, 0) is 19.8 Å². The summed E-state index contributed by atoms with van der Waals surface area (Å²) in [5.41, 5.74) is 0. The van der Waals surface area contributed by atoms with E-state index in [1.54, 1.807) is 6.92 Å². The fourth-order valence-corrected chi connectivity index (χ4v) is 0.664. The first-order valence-corrected chi connectivity index (χ1v) is 3.17. The van der Waals surface area contributed by atoms with E-state index in [0.717, 1.165) is 0 Å². The molecule has 8 heavy (non-hydrogen) atoms. The maximum Gasteiger partial charge on any atom is 0.102 e. The molecule has 0 N–H and O–H groups in total. The van der Waals surface area contributed by atoms with Gasteiger partial charge in [0.15, 0.2) is 0 Å². The van der Waals surface area contributed by atoms with E-state index in [9.17, 15) is 4.39 Å². The van der Waals surface area contributed by atoms with Crippen molar-refractivity contribution in [1.82, 2.24) is 0 Å². The van der Waals surface area contributed by atoms with Crippen LogP contribution >= 0.6 is 11.6 Å². The van der Waals surface area contributed by atoms with Crippen molar-refractivity contribution in [2.24, 2.45) is 0 Å². The van der Waals surface area contributed by atoms with Crippen molar-refractivity contribution in [3.05, 3.63) is 6.92 Å². The van der Waals surface area contributed by atoms with E-state index in [1.165, 1.54) is 0 Å². The van der Waals surface area contributed by atoms with E-state index in [1.807, 2.05) is 0 Å². The minimum atomic E-state index is -0.817. The van der Waals surface area contributed by atoms with Gasteiger partial charge in [-0.1, -0.05) is 6.92 Å². The Morgan fingerprint density at radius 1 is 1.75 bits per heavy atom. The van der Waals surface area contributed by atoms with E-state index in [4.69, 9.17) is 11.6 Å². The van der Waals surface area contributed by atoms with Crippen molar-refractivity contribution in [1.29, 1.82) is 0 Å². The summed E-state index contributed by atoms with van der Waals surface area (Å²) in [4.78, 5) is 0. The first-order valence-electron chi connectivity index (χ1n) is 2.74. The van der Waals surface area contributed by atoms with Crippen LogP contribution in [0.1, 0.15) is 19.8 Å². The predicted molar refractivity (Wildman–Crippen MR) is 34.8 cm³/mol. The second-order valence-corrected chi connectivity index (χ2v) is 2.65. The number of alkyl halides is 2. The average molecular weight is 138 g/mol. The molecule has 2 atom stereocenters.